The van der Waals surface area contributed by atoms with Crippen LogP contribution in [-0.2, 0) is 4.79 Å². The number of imidazole rings is 1. The summed E-state index contributed by atoms with van der Waals surface area (Å²) in [4.78, 5) is 17.4. The van der Waals surface area contributed by atoms with Crippen LogP contribution in [-0.4, -0.2) is 10.9 Å². The van der Waals surface area contributed by atoms with E-state index >= 15 is 0 Å². The number of carbonyl (C=O) groups excluding carboxylic acids is 1. The summed E-state index contributed by atoms with van der Waals surface area (Å²) in [5.74, 6) is 0.876. The van der Waals surface area contributed by atoms with Crippen molar-refractivity contribution in [2.75, 3.05) is 0 Å². The van der Waals surface area contributed by atoms with Crippen LogP contribution >= 0.6 is 0 Å². The van der Waals surface area contributed by atoms with Crippen molar-refractivity contribution in [3.63, 3.8) is 0 Å². The van der Waals surface area contributed by atoms with Gasteiger partial charge in [-0.05, 0) is 19.1 Å². The van der Waals surface area contributed by atoms with Gasteiger partial charge in [0.1, 0.15) is 6.04 Å². The van der Waals surface area contributed by atoms with E-state index in [1.165, 1.54) is 6.92 Å². The molecule has 78 valence electrons. The topological polar surface area (TPSA) is 59.0 Å². The van der Waals surface area contributed by atoms with Gasteiger partial charge in [-0.2, -0.15) is 0 Å². The molecule has 1 amide bonds. The van der Waals surface area contributed by atoms with Crippen LogP contribution in [0.2, 0.25) is 0 Å². The van der Waals surface area contributed by atoms with E-state index in [1.54, 1.807) is 0 Å². The number of nitrogens with one attached hydrogen (secondary N) is 3. The first-order valence-corrected chi connectivity index (χ1v) is 4.94. The lowest BCUT2D eigenvalue weighted by molar-refractivity contribution is -0.361. The Bertz CT molecular complexity index is 456. The first-order chi connectivity index (χ1) is 7.16. The van der Waals surface area contributed by atoms with Crippen molar-refractivity contribution in [2.45, 2.75) is 19.9 Å². The van der Waals surface area contributed by atoms with E-state index in [1.807, 2.05) is 31.2 Å². The minimum Gasteiger partial charge on any atom is -0.342 e. The number of hydrogen-bond acceptors (Lipinski definition) is 1. The fraction of sp³-hybridized carbons (Fsp3) is 0.273. The molecule has 1 aromatic carbocycles. The van der Waals surface area contributed by atoms with Crippen LogP contribution in [0, 0.1) is 0 Å². The summed E-state index contributed by atoms with van der Waals surface area (Å²) < 4.78 is 0. The summed E-state index contributed by atoms with van der Waals surface area (Å²) in [6, 6.07) is 7.90. The van der Waals surface area contributed by atoms with Crippen LogP contribution in [0.3, 0.4) is 0 Å². The highest BCUT2D eigenvalue weighted by molar-refractivity contribution is 5.73. The third kappa shape index (κ3) is 1.98. The van der Waals surface area contributed by atoms with Gasteiger partial charge in [0, 0.05) is 6.92 Å². The van der Waals surface area contributed by atoms with Crippen molar-refractivity contribution in [1.82, 2.24) is 10.3 Å². The van der Waals surface area contributed by atoms with Crippen molar-refractivity contribution < 1.29 is 9.78 Å². The monoisotopic (exact) mass is 204 g/mol. The van der Waals surface area contributed by atoms with E-state index in [2.05, 4.69) is 15.3 Å². The molecular formula is C11H14N3O+. The number of aromatic nitrogens is 2. The zero-order chi connectivity index (χ0) is 10.8. The summed E-state index contributed by atoms with van der Waals surface area (Å²) >= 11 is 0. The van der Waals surface area contributed by atoms with E-state index in [-0.39, 0.29) is 11.9 Å². The number of amides is 1. The average molecular weight is 204 g/mol. The molecule has 1 unspecified atom stereocenters. The zero-order valence-corrected chi connectivity index (χ0v) is 8.79. The minimum absolute atomic E-state index is 0.0325. The molecule has 0 saturated carbocycles. The van der Waals surface area contributed by atoms with Gasteiger partial charge in [-0.3, -0.25) is 4.79 Å². The molecule has 1 atom stereocenters. The first-order valence-electron chi connectivity index (χ1n) is 4.94. The number of fused-ring (bicyclic) bond motifs is 1. The van der Waals surface area contributed by atoms with Gasteiger partial charge in [0.15, 0.2) is 11.0 Å². The molecule has 0 aliphatic heterocycles. The fourth-order valence-electron chi connectivity index (χ4n) is 1.62. The molecule has 2 aromatic rings. The Kier molecular flexibility index (Phi) is 2.41. The molecule has 0 aliphatic rings. The van der Waals surface area contributed by atoms with Crippen LogP contribution < -0.4 is 10.3 Å². The van der Waals surface area contributed by atoms with Crippen LogP contribution in [0.4, 0.5) is 0 Å². The van der Waals surface area contributed by atoms with Crippen LogP contribution in [0.1, 0.15) is 25.7 Å². The van der Waals surface area contributed by atoms with Crippen molar-refractivity contribution in [3.8, 4) is 0 Å². The van der Waals surface area contributed by atoms with Crippen LogP contribution in [0.5, 0.6) is 0 Å². The van der Waals surface area contributed by atoms with Crippen molar-refractivity contribution in [3.05, 3.63) is 30.1 Å². The normalized spacial score (nSPS) is 12.7. The lowest BCUT2D eigenvalue weighted by atomic mass is 10.3. The van der Waals surface area contributed by atoms with Gasteiger partial charge >= 0.3 is 0 Å². The third-order valence-corrected chi connectivity index (χ3v) is 2.32. The molecular weight excluding hydrogens is 190 g/mol. The molecule has 0 fully saturated rings. The van der Waals surface area contributed by atoms with E-state index in [9.17, 15) is 4.79 Å². The predicted octanol–water partition coefficient (Wildman–Crippen LogP) is 1.18. The Morgan fingerprint density at radius 3 is 2.87 bits per heavy atom. The molecule has 3 N–H and O–H groups in total. The Morgan fingerprint density at radius 1 is 1.47 bits per heavy atom. The molecule has 0 spiro atoms. The smallest absolute Gasteiger partial charge is 0.275 e. The Balaban J connectivity index is 2.32. The third-order valence-electron chi connectivity index (χ3n) is 2.32. The molecule has 0 bridgehead atoms. The fourth-order valence-corrected chi connectivity index (χ4v) is 1.62. The number of carbonyl (C=O) groups is 1. The molecule has 0 saturated heterocycles. The highest BCUT2D eigenvalue weighted by Crippen LogP contribution is 2.10. The average Bonchev–Trinajstić information content (AvgIpc) is 2.59. The summed E-state index contributed by atoms with van der Waals surface area (Å²) in [7, 11) is 0. The molecule has 0 aliphatic carbocycles. The zero-order valence-electron chi connectivity index (χ0n) is 8.79. The highest BCUT2D eigenvalue weighted by atomic mass is 16.1. The second-order valence-electron chi connectivity index (χ2n) is 3.63. The van der Waals surface area contributed by atoms with Gasteiger partial charge in [0.25, 0.3) is 5.82 Å². The van der Waals surface area contributed by atoms with Crippen molar-refractivity contribution in [1.29, 1.82) is 0 Å². The maximum absolute atomic E-state index is 10.9. The quantitative estimate of drug-likeness (QED) is 0.758. The number of aromatic amines is 2. The number of benzene rings is 1. The van der Waals surface area contributed by atoms with E-state index < -0.39 is 0 Å². The number of rotatable bonds is 2. The Morgan fingerprint density at radius 2 is 2.20 bits per heavy atom. The molecule has 4 nitrogen and oxygen atoms in total. The van der Waals surface area contributed by atoms with Crippen LogP contribution in [0.25, 0.3) is 11.0 Å². The number of hydrogen-bond donors (Lipinski definition) is 2. The predicted molar refractivity (Wildman–Crippen MR) is 57.1 cm³/mol. The standard InChI is InChI=1S/C11H13N3O/c1-7(12-8(2)15)11-13-9-5-3-4-6-10(9)14-11/h3-7H,1-2H3,(H,12,15)(H,13,14)/p+1. The molecule has 15 heavy (non-hydrogen) atoms. The minimum atomic E-state index is -0.0328. The first kappa shape index (κ1) is 9.71. The van der Waals surface area contributed by atoms with Gasteiger partial charge in [-0.1, -0.05) is 12.1 Å². The second-order valence-corrected chi connectivity index (χ2v) is 3.63. The second kappa shape index (κ2) is 3.73. The van der Waals surface area contributed by atoms with Gasteiger partial charge in [-0.25, -0.2) is 9.97 Å². The van der Waals surface area contributed by atoms with Gasteiger partial charge in [0.2, 0.25) is 5.91 Å². The number of para-hydroxylation sites is 2. The van der Waals surface area contributed by atoms with E-state index in [0.717, 1.165) is 16.9 Å². The van der Waals surface area contributed by atoms with Crippen molar-refractivity contribution in [2.24, 2.45) is 0 Å². The van der Waals surface area contributed by atoms with Gasteiger partial charge in [0.05, 0.1) is 0 Å². The van der Waals surface area contributed by atoms with E-state index in [4.69, 9.17) is 0 Å². The molecule has 1 heterocycles. The van der Waals surface area contributed by atoms with Gasteiger partial charge < -0.3 is 5.32 Å². The molecule has 1 aromatic heterocycles. The lowest BCUT2D eigenvalue weighted by Crippen LogP contribution is -2.28. The summed E-state index contributed by atoms with van der Waals surface area (Å²) in [5, 5.41) is 2.82. The molecule has 0 radical (unpaired) electrons. The SMILES string of the molecule is CC(=O)NC(C)c1[nH]c2ccccc2[nH+]1. The molecule has 4 heteroatoms. The maximum atomic E-state index is 10.9. The summed E-state index contributed by atoms with van der Waals surface area (Å²) in [5.41, 5.74) is 2.09. The highest BCUT2D eigenvalue weighted by Gasteiger charge is 2.16. The lowest BCUT2D eigenvalue weighted by Gasteiger charge is -2.04. The molecule has 2 rings (SSSR count). The number of H-pyrrole nitrogens is 2. The summed E-state index contributed by atoms with van der Waals surface area (Å²) in [6.45, 7) is 3.45. The largest absolute Gasteiger partial charge is 0.342 e. The maximum Gasteiger partial charge on any atom is 0.275 e. The van der Waals surface area contributed by atoms with Gasteiger partial charge in [-0.15, -0.1) is 0 Å². The summed E-state index contributed by atoms with van der Waals surface area (Å²) in [6.07, 6.45) is 0. The van der Waals surface area contributed by atoms with Crippen LogP contribution in [0.15, 0.2) is 24.3 Å². The Labute approximate surface area is 87.7 Å². The van der Waals surface area contributed by atoms with E-state index in [0.29, 0.717) is 0 Å². The van der Waals surface area contributed by atoms with Crippen molar-refractivity contribution >= 4 is 16.9 Å². The Hall–Kier alpha value is -1.84.